The molecule has 3 heterocycles. The van der Waals surface area contributed by atoms with Crippen LogP contribution in [0.2, 0.25) is 0 Å². The summed E-state index contributed by atoms with van der Waals surface area (Å²) in [6, 6.07) is 13.0. The third-order valence-corrected chi connectivity index (χ3v) is 6.11. The van der Waals surface area contributed by atoms with Gasteiger partial charge < -0.3 is 15.6 Å². The number of halogens is 1. The van der Waals surface area contributed by atoms with E-state index in [0.717, 1.165) is 40.1 Å². The van der Waals surface area contributed by atoms with Crippen molar-refractivity contribution < 1.29 is 41.8 Å². The Hall–Kier alpha value is -1.93. The molecular formula is C26H28FN4OSY-. The Morgan fingerprint density at radius 2 is 1.85 bits per heavy atom. The summed E-state index contributed by atoms with van der Waals surface area (Å²) in [6.07, 6.45) is 8.00. The van der Waals surface area contributed by atoms with Crippen molar-refractivity contribution in [1.82, 2.24) is 15.4 Å². The van der Waals surface area contributed by atoms with Crippen LogP contribution in [0.4, 0.5) is 10.1 Å². The summed E-state index contributed by atoms with van der Waals surface area (Å²) in [5.74, 6) is 0.279. The van der Waals surface area contributed by atoms with Gasteiger partial charge in [-0.05, 0) is 55.1 Å². The SMILES string of the molecule is CCC.CCc1ccc(-c2cc3nccc(Oc4ccc([N-]NC5CC5)cc4F)c3s2)nc1.[Y]. The maximum absolute atomic E-state index is 14.6. The Morgan fingerprint density at radius 1 is 1.06 bits per heavy atom. The molecule has 0 aliphatic heterocycles. The Labute approximate surface area is 229 Å². The molecule has 1 aromatic carbocycles. The fraction of sp³-hybridized carbons (Fsp3) is 0.308. The quantitative estimate of drug-likeness (QED) is 0.237. The van der Waals surface area contributed by atoms with E-state index in [0.29, 0.717) is 17.5 Å². The minimum Gasteiger partial charge on any atom is -0.622 e. The molecule has 1 radical (unpaired) electrons. The number of rotatable bonds is 7. The van der Waals surface area contributed by atoms with Crippen molar-refractivity contribution in [2.24, 2.45) is 0 Å². The number of thiophene rings is 1. The molecule has 3 aromatic heterocycles. The molecule has 1 fully saturated rings. The Kier molecular flexibility index (Phi) is 9.95. The van der Waals surface area contributed by atoms with Gasteiger partial charge >= 0.3 is 0 Å². The molecule has 4 aromatic rings. The number of hydrogen-bond donors (Lipinski definition) is 1. The predicted octanol–water partition coefficient (Wildman–Crippen LogP) is 7.94. The number of nitrogens with zero attached hydrogens (tertiary/aromatic N) is 3. The second kappa shape index (κ2) is 12.7. The average Bonchev–Trinajstić information content (AvgIpc) is 3.56. The van der Waals surface area contributed by atoms with E-state index < -0.39 is 5.82 Å². The number of ether oxygens (including phenoxy) is 1. The van der Waals surface area contributed by atoms with Crippen LogP contribution in [0, 0.1) is 5.82 Å². The molecule has 8 heteroatoms. The molecule has 0 amide bonds. The van der Waals surface area contributed by atoms with Gasteiger partial charge in [-0.3, -0.25) is 9.97 Å². The molecule has 5 rings (SSSR count). The normalized spacial score (nSPS) is 12.5. The minimum atomic E-state index is -0.451. The minimum absolute atomic E-state index is 0. The third kappa shape index (κ3) is 6.82. The molecular weight excluding hydrogens is 524 g/mol. The number of aryl methyl sites for hydroxylation is 1. The van der Waals surface area contributed by atoms with Crippen molar-refractivity contribution >= 4 is 27.2 Å². The van der Waals surface area contributed by atoms with Crippen molar-refractivity contribution in [3.63, 3.8) is 0 Å². The van der Waals surface area contributed by atoms with Crippen molar-refractivity contribution in [2.45, 2.75) is 52.5 Å². The zero-order valence-electron chi connectivity index (χ0n) is 19.7. The van der Waals surface area contributed by atoms with E-state index in [-0.39, 0.29) is 38.5 Å². The van der Waals surface area contributed by atoms with E-state index in [1.54, 1.807) is 24.4 Å². The summed E-state index contributed by atoms with van der Waals surface area (Å²) in [5.41, 5.74) is 10.7. The van der Waals surface area contributed by atoms with Crippen LogP contribution in [0.25, 0.3) is 26.2 Å². The average molecular weight is 553 g/mol. The Morgan fingerprint density at radius 3 is 2.50 bits per heavy atom. The van der Waals surface area contributed by atoms with E-state index in [4.69, 9.17) is 4.74 Å². The van der Waals surface area contributed by atoms with Gasteiger partial charge in [0, 0.05) is 51.2 Å². The summed E-state index contributed by atoms with van der Waals surface area (Å²) in [5, 5.41) is 0. The van der Waals surface area contributed by atoms with Crippen molar-refractivity contribution in [3.8, 4) is 22.1 Å². The van der Waals surface area contributed by atoms with E-state index >= 15 is 0 Å². The zero-order chi connectivity index (χ0) is 23.2. The Bertz CT molecular complexity index is 1210. The summed E-state index contributed by atoms with van der Waals surface area (Å²) in [6.45, 7) is 6.35. The summed E-state index contributed by atoms with van der Waals surface area (Å²) < 4.78 is 21.4. The molecule has 175 valence electrons. The van der Waals surface area contributed by atoms with E-state index in [1.165, 1.54) is 29.4 Å². The smallest absolute Gasteiger partial charge is 0.164 e. The molecule has 1 aliphatic carbocycles. The first-order chi connectivity index (χ1) is 16.1. The second-order valence-corrected chi connectivity index (χ2v) is 9.03. The molecule has 34 heavy (non-hydrogen) atoms. The Balaban J connectivity index is 0.000000771. The molecule has 1 aliphatic rings. The third-order valence-electron chi connectivity index (χ3n) is 4.95. The van der Waals surface area contributed by atoms with E-state index in [1.807, 2.05) is 18.3 Å². The topological polar surface area (TPSA) is 61.1 Å². The van der Waals surface area contributed by atoms with Gasteiger partial charge in [0.1, 0.15) is 5.75 Å². The summed E-state index contributed by atoms with van der Waals surface area (Å²) in [7, 11) is 0. The standard InChI is InChI=1S/C23H20FN4OS.C3H8.Y/c1-2-14-3-7-18(26-13-14)22-12-19-23(30-22)21(9-10-25-19)29-20-8-6-16(11-17(20)24)28-27-15-4-5-15;1-3-2;/h3,6-13,15,27H,2,4-5H2,1H3;3H2,1-2H3;/q-1;;. The number of hydrogen-bond acceptors (Lipinski definition) is 5. The van der Waals surface area contributed by atoms with Gasteiger partial charge in [-0.2, -0.15) is 0 Å². The van der Waals surface area contributed by atoms with Crippen molar-refractivity contribution in [1.29, 1.82) is 0 Å². The number of aromatic nitrogens is 2. The zero-order valence-corrected chi connectivity index (χ0v) is 23.4. The number of nitrogens with one attached hydrogen (secondary N) is 1. The van der Waals surface area contributed by atoms with Crippen LogP contribution in [-0.4, -0.2) is 16.0 Å². The van der Waals surface area contributed by atoms with Gasteiger partial charge in [-0.1, -0.05) is 39.3 Å². The van der Waals surface area contributed by atoms with Gasteiger partial charge in [0.15, 0.2) is 11.6 Å². The maximum atomic E-state index is 14.6. The molecule has 1 N–H and O–H groups in total. The first-order valence-corrected chi connectivity index (χ1v) is 12.2. The summed E-state index contributed by atoms with van der Waals surface area (Å²) >= 11 is 1.54. The van der Waals surface area contributed by atoms with Crippen LogP contribution < -0.4 is 10.2 Å². The van der Waals surface area contributed by atoms with Crippen LogP contribution in [0.15, 0.2) is 54.9 Å². The van der Waals surface area contributed by atoms with Gasteiger partial charge in [0.25, 0.3) is 0 Å². The fourth-order valence-electron chi connectivity index (χ4n) is 3.04. The first-order valence-electron chi connectivity index (χ1n) is 11.4. The predicted molar refractivity (Wildman–Crippen MR) is 134 cm³/mol. The largest absolute Gasteiger partial charge is 0.622 e. The van der Waals surface area contributed by atoms with E-state index in [2.05, 4.69) is 47.7 Å². The number of pyridine rings is 2. The summed E-state index contributed by atoms with van der Waals surface area (Å²) in [4.78, 5) is 9.98. The maximum Gasteiger partial charge on any atom is 0.164 e. The van der Waals surface area contributed by atoms with Crippen LogP contribution in [0.3, 0.4) is 0 Å². The van der Waals surface area contributed by atoms with Crippen LogP contribution in [0.1, 0.15) is 45.6 Å². The fourth-order valence-corrected chi connectivity index (χ4v) is 4.08. The van der Waals surface area contributed by atoms with Crippen molar-refractivity contribution in [2.75, 3.05) is 0 Å². The molecule has 0 saturated heterocycles. The van der Waals surface area contributed by atoms with Crippen LogP contribution >= 0.6 is 11.3 Å². The molecule has 0 unspecified atom stereocenters. The van der Waals surface area contributed by atoms with Crippen LogP contribution in [-0.2, 0) is 39.1 Å². The van der Waals surface area contributed by atoms with Gasteiger partial charge in [-0.25, -0.2) is 4.39 Å². The molecule has 0 bridgehead atoms. The van der Waals surface area contributed by atoms with E-state index in [9.17, 15) is 4.39 Å². The second-order valence-electron chi connectivity index (χ2n) is 7.98. The molecule has 0 spiro atoms. The molecule has 5 nitrogen and oxygen atoms in total. The van der Waals surface area contributed by atoms with Crippen molar-refractivity contribution in [3.05, 3.63) is 71.7 Å². The van der Waals surface area contributed by atoms with Crippen LogP contribution in [0.5, 0.6) is 11.5 Å². The number of fused-ring (bicyclic) bond motifs is 1. The molecule has 1 saturated carbocycles. The monoisotopic (exact) mass is 552 g/mol. The van der Waals surface area contributed by atoms with Gasteiger partial charge in [-0.15, -0.1) is 17.0 Å². The van der Waals surface area contributed by atoms with Gasteiger partial charge in [0.05, 0.1) is 20.8 Å². The van der Waals surface area contributed by atoms with Gasteiger partial charge in [0.2, 0.25) is 0 Å². The number of benzene rings is 1. The first kappa shape index (κ1) is 26.7. The molecule has 0 atom stereocenters.